The highest BCUT2D eigenvalue weighted by atomic mass is 19.4. The second-order valence-electron chi connectivity index (χ2n) is 7.19. The van der Waals surface area contributed by atoms with Gasteiger partial charge in [-0.3, -0.25) is 14.5 Å². The molecular weight excluding hydrogens is 383 g/mol. The number of benzene rings is 1. The highest BCUT2D eigenvalue weighted by molar-refractivity contribution is 5.93. The van der Waals surface area contributed by atoms with Gasteiger partial charge < -0.3 is 10.2 Å². The van der Waals surface area contributed by atoms with Crippen LogP contribution in [-0.4, -0.2) is 39.8 Å². The van der Waals surface area contributed by atoms with E-state index in [2.05, 4.69) is 20.3 Å². The maximum Gasteiger partial charge on any atom is 0.416 e. The van der Waals surface area contributed by atoms with Gasteiger partial charge in [-0.2, -0.15) is 18.3 Å². The Kier molecular flexibility index (Phi) is 4.89. The first-order valence-electron chi connectivity index (χ1n) is 9.33. The molecule has 0 aliphatic carbocycles. The molecule has 1 saturated heterocycles. The molecule has 0 saturated carbocycles. The zero-order chi connectivity index (χ0) is 20.6. The van der Waals surface area contributed by atoms with Crippen molar-refractivity contribution in [3.05, 3.63) is 54.0 Å². The van der Waals surface area contributed by atoms with Gasteiger partial charge in [-0.25, -0.2) is 0 Å². The Hall–Kier alpha value is -3.10. The van der Waals surface area contributed by atoms with Crippen LogP contribution in [0, 0.1) is 0 Å². The number of aryl methyl sites for hydroxylation is 1. The molecule has 1 N–H and O–H groups in total. The predicted molar refractivity (Wildman–Crippen MR) is 103 cm³/mol. The zero-order valence-corrected chi connectivity index (χ0v) is 15.8. The van der Waals surface area contributed by atoms with Gasteiger partial charge in [-0.05, 0) is 37.1 Å². The number of anilines is 1. The summed E-state index contributed by atoms with van der Waals surface area (Å²) in [6.45, 7) is 1.33. The first-order chi connectivity index (χ1) is 13.8. The van der Waals surface area contributed by atoms with E-state index in [0.29, 0.717) is 23.1 Å². The van der Waals surface area contributed by atoms with Crippen molar-refractivity contribution in [2.45, 2.75) is 25.1 Å². The van der Waals surface area contributed by atoms with Crippen molar-refractivity contribution in [2.24, 2.45) is 7.05 Å². The van der Waals surface area contributed by atoms with Crippen LogP contribution >= 0.6 is 0 Å². The molecule has 0 radical (unpaired) electrons. The maximum absolute atomic E-state index is 13.0. The maximum atomic E-state index is 13.0. The third-order valence-corrected chi connectivity index (χ3v) is 5.09. The topological polar surface area (TPSA) is 63.1 Å². The summed E-state index contributed by atoms with van der Waals surface area (Å²) in [6, 6.07) is 7.01. The number of hydrogen-bond acceptors (Lipinski definition) is 4. The molecule has 1 amide bonds. The minimum absolute atomic E-state index is 0.0732. The van der Waals surface area contributed by atoms with E-state index < -0.39 is 11.7 Å². The standard InChI is InChI=1S/C20H20F3N5O/c1-27-10-7-16(26-27)19(29)25-14-3-2-9-28(12-14)18-6-8-24-17-11-13(20(21,22)23)4-5-15(17)18/h4-8,10-11,14H,2-3,9,12H2,1H3,(H,25,29). The van der Waals surface area contributed by atoms with Crippen LogP contribution in [0.4, 0.5) is 18.9 Å². The fourth-order valence-electron chi connectivity index (χ4n) is 3.69. The number of carbonyl (C=O) groups is 1. The Morgan fingerprint density at radius 2 is 2.07 bits per heavy atom. The molecular formula is C20H20F3N5O. The van der Waals surface area contributed by atoms with E-state index in [-0.39, 0.29) is 11.9 Å². The smallest absolute Gasteiger partial charge is 0.369 e. The normalized spacial score (nSPS) is 17.5. The third-order valence-electron chi connectivity index (χ3n) is 5.09. The van der Waals surface area contributed by atoms with Crippen molar-refractivity contribution in [1.29, 1.82) is 0 Å². The highest BCUT2D eigenvalue weighted by Gasteiger charge is 2.31. The molecule has 0 bridgehead atoms. The van der Waals surface area contributed by atoms with Gasteiger partial charge in [0.15, 0.2) is 0 Å². The molecule has 0 spiro atoms. The van der Waals surface area contributed by atoms with Gasteiger partial charge in [0.1, 0.15) is 5.69 Å². The van der Waals surface area contributed by atoms with Gasteiger partial charge in [0, 0.05) is 49.6 Å². The van der Waals surface area contributed by atoms with Crippen molar-refractivity contribution < 1.29 is 18.0 Å². The van der Waals surface area contributed by atoms with Gasteiger partial charge in [-0.15, -0.1) is 0 Å². The highest BCUT2D eigenvalue weighted by Crippen LogP contribution is 2.34. The number of hydrogen-bond donors (Lipinski definition) is 1. The lowest BCUT2D eigenvalue weighted by atomic mass is 10.0. The number of alkyl halides is 3. The van der Waals surface area contributed by atoms with Gasteiger partial charge >= 0.3 is 6.18 Å². The van der Waals surface area contributed by atoms with Crippen LogP contribution in [0.2, 0.25) is 0 Å². The number of carbonyl (C=O) groups excluding carboxylic acids is 1. The molecule has 4 rings (SSSR count). The Morgan fingerprint density at radius 3 is 2.79 bits per heavy atom. The number of rotatable bonds is 3. The number of halogens is 3. The Balaban J connectivity index is 1.55. The fraction of sp³-hybridized carbons (Fsp3) is 0.350. The van der Waals surface area contributed by atoms with Gasteiger partial charge in [0.2, 0.25) is 0 Å². The minimum atomic E-state index is -4.40. The number of nitrogens with one attached hydrogen (secondary N) is 1. The molecule has 1 aliphatic rings. The number of aromatic nitrogens is 3. The number of nitrogens with zero attached hydrogens (tertiary/aromatic N) is 4. The summed E-state index contributed by atoms with van der Waals surface area (Å²) in [6.07, 6.45) is 0.514. The van der Waals surface area contributed by atoms with Crippen molar-refractivity contribution in [3.63, 3.8) is 0 Å². The summed E-state index contributed by atoms with van der Waals surface area (Å²) in [4.78, 5) is 18.6. The summed E-state index contributed by atoms with van der Waals surface area (Å²) in [5, 5.41) is 7.78. The quantitative estimate of drug-likeness (QED) is 0.728. The lowest BCUT2D eigenvalue weighted by Crippen LogP contribution is -2.48. The Labute approximate surface area is 165 Å². The zero-order valence-electron chi connectivity index (χ0n) is 15.8. The summed E-state index contributed by atoms with van der Waals surface area (Å²) < 4.78 is 40.6. The molecule has 1 fully saturated rings. The van der Waals surface area contributed by atoms with Crippen molar-refractivity contribution in [1.82, 2.24) is 20.1 Å². The predicted octanol–water partition coefficient (Wildman–Crippen LogP) is 3.39. The number of piperidine rings is 1. The number of amides is 1. The van der Waals surface area contributed by atoms with Crippen molar-refractivity contribution in [3.8, 4) is 0 Å². The lowest BCUT2D eigenvalue weighted by Gasteiger charge is -2.35. The molecule has 9 heteroatoms. The second-order valence-corrected chi connectivity index (χ2v) is 7.19. The van der Waals surface area contributed by atoms with Gasteiger partial charge in [0.25, 0.3) is 5.91 Å². The van der Waals surface area contributed by atoms with Crippen LogP contribution in [0.5, 0.6) is 0 Å². The van der Waals surface area contributed by atoms with Crippen LogP contribution in [0.25, 0.3) is 10.9 Å². The molecule has 3 aromatic rings. The monoisotopic (exact) mass is 403 g/mol. The Morgan fingerprint density at radius 1 is 1.24 bits per heavy atom. The van der Waals surface area contributed by atoms with E-state index in [0.717, 1.165) is 37.2 Å². The molecule has 29 heavy (non-hydrogen) atoms. The summed E-state index contributed by atoms with van der Waals surface area (Å²) in [5.41, 5.74) is 0.768. The minimum Gasteiger partial charge on any atom is -0.369 e. The summed E-state index contributed by atoms with van der Waals surface area (Å²) in [7, 11) is 1.75. The number of fused-ring (bicyclic) bond motifs is 1. The third kappa shape index (κ3) is 4.03. The van der Waals surface area contributed by atoms with E-state index in [1.807, 2.05) is 0 Å². The van der Waals surface area contributed by atoms with Crippen molar-refractivity contribution >= 4 is 22.5 Å². The first-order valence-corrected chi connectivity index (χ1v) is 9.33. The fourth-order valence-corrected chi connectivity index (χ4v) is 3.69. The molecule has 6 nitrogen and oxygen atoms in total. The van der Waals surface area contributed by atoms with Gasteiger partial charge in [0.05, 0.1) is 11.1 Å². The SMILES string of the molecule is Cn1ccc(C(=O)NC2CCCN(c3ccnc4cc(C(F)(F)F)ccc34)C2)n1. The molecule has 3 heterocycles. The van der Waals surface area contributed by atoms with E-state index in [9.17, 15) is 18.0 Å². The van der Waals surface area contributed by atoms with Crippen LogP contribution in [0.15, 0.2) is 42.7 Å². The van der Waals surface area contributed by atoms with E-state index in [1.165, 1.54) is 12.3 Å². The van der Waals surface area contributed by atoms with Crippen LogP contribution in [0.1, 0.15) is 28.9 Å². The Bertz CT molecular complexity index is 1050. The largest absolute Gasteiger partial charge is 0.416 e. The van der Waals surface area contributed by atoms with Crippen LogP contribution in [0.3, 0.4) is 0 Å². The average molecular weight is 403 g/mol. The molecule has 1 unspecified atom stereocenters. The average Bonchev–Trinajstić information content (AvgIpc) is 3.13. The van der Waals surface area contributed by atoms with Gasteiger partial charge in [-0.1, -0.05) is 6.07 Å². The molecule has 1 atom stereocenters. The number of pyridine rings is 1. The van der Waals surface area contributed by atoms with E-state index in [4.69, 9.17) is 0 Å². The van der Waals surface area contributed by atoms with Crippen LogP contribution in [-0.2, 0) is 13.2 Å². The molecule has 152 valence electrons. The van der Waals surface area contributed by atoms with Crippen molar-refractivity contribution in [2.75, 3.05) is 18.0 Å². The second kappa shape index (κ2) is 7.38. The first kappa shape index (κ1) is 19.2. The van der Waals surface area contributed by atoms with Crippen LogP contribution < -0.4 is 10.2 Å². The van der Waals surface area contributed by atoms with E-state index >= 15 is 0 Å². The molecule has 1 aliphatic heterocycles. The lowest BCUT2D eigenvalue weighted by molar-refractivity contribution is -0.137. The van der Waals surface area contributed by atoms with E-state index in [1.54, 1.807) is 30.1 Å². The summed E-state index contributed by atoms with van der Waals surface area (Å²) in [5.74, 6) is -0.230. The summed E-state index contributed by atoms with van der Waals surface area (Å²) >= 11 is 0. The molecule has 2 aromatic heterocycles. The molecule has 1 aromatic carbocycles.